The van der Waals surface area contributed by atoms with Crippen LogP contribution in [0.2, 0.25) is 0 Å². The van der Waals surface area contributed by atoms with Crippen molar-refractivity contribution in [3.8, 4) is 5.75 Å². The van der Waals surface area contributed by atoms with Crippen LogP contribution < -0.4 is 15.6 Å². The Morgan fingerprint density at radius 2 is 1.97 bits per heavy atom. The number of carbonyl (C=O) groups is 1. The monoisotopic (exact) mass is 422 g/mol. The van der Waals surface area contributed by atoms with Gasteiger partial charge in [0.2, 0.25) is 0 Å². The molecule has 2 aromatic carbocycles. The predicted octanol–water partition coefficient (Wildman–Crippen LogP) is 3.68. The Bertz CT molecular complexity index is 1230. The maximum absolute atomic E-state index is 12.9. The minimum absolute atomic E-state index is 0.0887. The van der Waals surface area contributed by atoms with Crippen LogP contribution in [0, 0.1) is 10.1 Å². The van der Waals surface area contributed by atoms with Crippen molar-refractivity contribution >= 4 is 28.2 Å². The summed E-state index contributed by atoms with van der Waals surface area (Å²) < 4.78 is 6.94. The first kappa shape index (κ1) is 20.5. The van der Waals surface area contributed by atoms with Gasteiger partial charge in [-0.3, -0.25) is 24.3 Å². The second-order valence-electron chi connectivity index (χ2n) is 7.48. The molecule has 0 spiro atoms. The summed E-state index contributed by atoms with van der Waals surface area (Å²) in [7, 11) is 1.41. The number of hydrogen-bond donors (Lipinski definition) is 1. The number of amides is 1. The van der Waals surface area contributed by atoms with E-state index < -0.39 is 10.8 Å². The second-order valence-corrected chi connectivity index (χ2v) is 7.48. The number of hydrogen-bond acceptors (Lipinski definition) is 6. The number of carbonyl (C=O) groups excluding carboxylic acids is 1. The third kappa shape index (κ3) is 4.11. The van der Waals surface area contributed by atoms with Crippen LogP contribution in [0.4, 0.5) is 11.4 Å². The van der Waals surface area contributed by atoms with Crippen LogP contribution in [0.15, 0.2) is 41.2 Å². The second kappa shape index (κ2) is 8.55. The average Bonchev–Trinajstić information content (AvgIpc) is 2.74. The highest BCUT2D eigenvalue weighted by molar-refractivity contribution is 6.06. The highest BCUT2D eigenvalue weighted by atomic mass is 16.6. The molecule has 4 rings (SSSR count). The number of nitrogens with zero attached hydrogens (tertiary/aromatic N) is 3. The lowest BCUT2D eigenvalue weighted by Crippen LogP contribution is -2.26. The lowest BCUT2D eigenvalue weighted by molar-refractivity contribution is -0.384. The first-order valence-electron chi connectivity index (χ1n) is 10.1. The lowest BCUT2D eigenvalue weighted by atomic mass is 10.1. The Balaban J connectivity index is 1.69. The number of nitro groups is 1. The summed E-state index contributed by atoms with van der Waals surface area (Å²) in [5, 5.41) is 14.2. The number of rotatable bonds is 4. The van der Waals surface area contributed by atoms with Gasteiger partial charge in [0.1, 0.15) is 11.6 Å². The zero-order chi connectivity index (χ0) is 22.0. The molecule has 0 unspecified atom stereocenters. The van der Waals surface area contributed by atoms with Gasteiger partial charge in [0, 0.05) is 30.7 Å². The van der Waals surface area contributed by atoms with Crippen molar-refractivity contribution in [2.45, 2.75) is 38.6 Å². The van der Waals surface area contributed by atoms with Gasteiger partial charge in [0.25, 0.3) is 17.2 Å². The van der Waals surface area contributed by atoms with Crippen molar-refractivity contribution in [1.29, 1.82) is 0 Å². The van der Waals surface area contributed by atoms with Gasteiger partial charge in [-0.2, -0.15) is 0 Å². The van der Waals surface area contributed by atoms with E-state index in [4.69, 9.17) is 4.74 Å². The highest BCUT2D eigenvalue weighted by Gasteiger charge is 2.17. The third-order valence-electron chi connectivity index (χ3n) is 5.47. The van der Waals surface area contributed by atoms with Crippen molar-refractivity contribution in [1.82, 2.24) is 9.55 Å². The minimum Gasteiger partial charge on any atom is -0.495 e. The number of ether oxygens (including phenoxy) is 1. The van der Waals surface area contributed by atoms with E-state index in [1.807, 2.05) is 0 Å². The molecule has 0 radical (unpaired) electrons. The van der Waals surface area contributed by atoms with Gasteiger partial charge in [0.15, 0.2) is 0 Å². The van der Waals surface area contributed by atoms with Crippen LogP contribution >= 0.6 is 0 Å². The van der Waals surface area contributed by atoms with Gasteiger partial charge in [0.05, 0.1) is 28.6 Å². The number of aryl methyl sites for hydroxylation is 1. The topological polar surface area (TPSA) is 116 Å². The van der Waals surface area contributed by atoms with Gasteiger partial charge < -0.3 is 10.1 Å². The average molecular weight is 422 g/mol. The normalized spacial score (nSPS) is 13.7. The number of nitrogens with one attached hydrogen (secondary N) is 1. The molecule has 0 aliphatic carbocycles. The van der Waals surface area contributed by atoms with Crippen LogP contribution in [0.25, 0.3) is 10.9 Å². The Kier molecular flexibility index (Phi) is 5.66. The molecule has 2 heterocycles. The predicted molar refractivity (Wildman–Crippen MR) is 116 cm³/mol. The van der Waals surface area contributed by atoms with E-state index in [2.05, 4.69) is 10.3 Å². The molecule has 31 heavy (non-hydrogen) atoms. The first-order valence-corrected chi connectivity index (χ1v) is 10.1. The van der Waals surface area contributed by atoms with E-state index >= 15 is 0 Å². The van der Waals surface area contributed by atoms with Crippen LogP contribution in [0.5, 0.6) is 5.75 Å². The summed E-state index contributed by atoms with van der Waals surface area (Å²) in [5.41, 5.74) is 0.698. The molecule has 1 aliphatic rings. The van der Waals surface area contributed by atoms with E-state index in [0.717, 1.165) is 37.9 Å². The van der Waals surface area contributed by atoms with E-state index in [1.165, 1.54) is 25.3 Å². The fraction of sp³-hybridized carbons (Fsp3) is 0.318. The smallest absolute Gasteiger partial charge is 0.271 e. The summed E-state index contributed by atoms with van der Waals surface area (Å²) in [6, 6.07) is 8.71. The maximum Gasteiger partial charge on any atom is 0.271 e. The van der Waals surface area contributed by atoms with Crippen LogP contribution in [0.1, 0.15) is 41.9 Å². The quantitative estimate of drug-likeness (QED) is 0.506. The molecule has 9 nitrogen and oxygen atoms in total. The first-order chi connectivity index (χ1) is 15.0. The Morgan fingerprint density at radius 1 is 1.16 bits per heavy atom. The van der Waals surface area contributed by atoms with Gasteiger partial charge >= 0.3 is 0 Å². The Labute approximate surface area is 177 Å². The van der Waals surface area contributed by atoms with Crippen molar-refractivity contribution in [2.75, 3.05) is 12.4 Å². The summed E-state index contributed by atoms with van der Waals surface area (Å²) in [5.74, 6) is 0.571. The number of nitro benzene ring substituents is 1. The number of aromatic nitrogens is 2. The third-order valence-corrected chi connectivity index (χ3v) is 5.47. The standard InChI is InChI=1S/C22H22N4O5/c1-31-19-10-8-15(26(29)30)13-18(19)24-21(27)14-7-9-16-17(12-14)23-20-6-4-2-3-5-11-25(20)22(16)28/h7-10,12-13H,2-6,11H2,1H3,(H,24,27). The van der Waals surface area contributed by atoms with Gasteiger partial charge in [-0.1, -0.05) is 12.8 Å². The molecule has 0 fully saturated rings. The number of anilines is 1. The number of fused-ring (bicyclic) bond motifs is 2. The summed E-state index contributed by atoms with van der Waals surface area (Å²) >= 11 is 0. The van der Waals surface area contributed by atoms with E-state index in [9.17, 15) is 19.7 Å². The fourth-order valence-corrected chi connectivity index (χ4v) is 3.84. The SMILES string of the molecule is COc1ccc([N+](=O)[O-])cc1NC(=O)c1ccc2c(=O)n3c(nc2c1)CCCCCC3. The summed E-state index contributed by atoms with van der Waals surface area (Å²) in [4.78, 5) is 41.0. The molecular weight excluding hydrogens is 400 g/mol. The van der Waals surface area contributed by atoms with Crippen molar-refractivity contribution in [3.05, 3.63) is 68.3 Å². The van der Waals surface area contributed by atoms with Gasteiger partial charge in [-0.25, -0.2) is 4.98 Å². The van der Waals surface area contributed by atoms with E-state index in [0.29, 0.717) is 28.8 Å². The largest absolute Gasteiger partial charge is 0.495 e. The molecule has 0 saturated carbocycles. The van der Waals surface area contributed by atoms with E-state index in [-0.39, 0.29) is 16.9 Å². The number of benzene rings is 2. The molecule has 1 N–H and O–H groups in total. The molecule has 160 valence electrons. The molecular formula is C22H22N4O5. The van der Waals surface area contributed by atoms with Crippen LogP contribution in [0.3, 0.4) is 0 Å². The van der Waals surface area contributed by atoms with Crippen molar-refractivity contribution < 1.29 is 14.5 Å². The van der Waals surface area contributed by atoms with Gasteiger partial charge in [-0.05, 0) is 37.1 Å². The van der Waals surface area contributed by atoms with Crippen LogP contribution in [-0.4, -0.2) is 27.5 Å². The highest BCUT2D eigenvalue weighted by Crippen LogP contribution is 2.29. The zero-order valence-corrected chi connectivity index (χ0v) is 17.1. The molecule has 3 aromatic rings. The Hall–Kier alpha value is -3.75. The van der Waals surface area contributed by atoms with Gasteiger partial charge in [-0.15, -0.1) is 0 Å². The minimum atomic E-state index is -0.545. The fourth-order valence-electron chi connectivity index (χ4n) is 3.84. The van der Waals surface area contributed by atoms with Crippen molar-refractivity contribution in [2.24, 2.45) is 0 Å². The Morgan fingerprint density at radius 3 is 2.74 bits per heavy atom. The van der Waals surface area contributed by atoms with Crippen LogP contribution in [-0.2, 0) is 13.0 Å². The molecule has 1 aliphatic heterocycles. The maximum atomic E-state index is 12.9. The zero-order valence-electron chi connectivity index (χ0n) is 17.1. The molecule has 0 bridgehead atoms. The molecule has 9 heteroatoms. The summed E-state index contributed by atoms with van der Waals surface area (Å²) in [6.07, 6.45) is 4.87. The number of non-ortho nitro benzene ring substituents is 1. The lowest BCUT2D eigenvalue weighted by Gasteiger charge is -2.16. The molecule has 1 aromatic heterocycles. The molecule has 1 amide bonds. The van der Waals surface area contributed by atoms with E-state index in [1.54, 1.807) is 22.8 Å². The van der Waals surface area contributed by atoms with Crippen molar-refractivity contribution in [3.63, 3.8) is 0 Å². The number of methoxy groups -OCH3 is 1. The molecule has 0 saturated heterocycles. The molecule has 0 atom stereocenters. The summed E-state index contributed by atoms with van der Waals surface area (Å²) in [6.45, 7) is 0.659.